The molecule has 0 spiro atoms. The number of aromatic nitrogens is 1. The van der Waals surface area contributed by atoms with Crippen molar-refractivity contribution in [3.63, 3.8) is 0 Å². The van der Waals surface area contributed by atoms with Crippen molar-refractivity contribution < 1.29 is 5.11 Å². The maximum atomic E-state index is 9.97. The van der Waals surface area contributed by atoms with Gasteiger partial charge in [0.05, 0.1) is 29.2 Å². The van der Waals surface area contributed by atoms with Crippen molar-refractivity contribution in [3.05, 3.63) is 15.6 Å². The van der Waals surface area contributed by atoms with Gasteiger partial charge in [-0.2, -0.15) is 5.26 Å². The standard InChI is InChI=1S/C11H14N2OS/c1-11(2)5-7-10(8(14)6-11)15-9(13-7)3-4-12/h8,14H,3,5-6H2,1-2H3. The molecule has 0 aromatic carbocycles. The summed E-state index contributed by atoms with van der Waals surface area (Å²) >= 11 is 1.49. The van der Waals surface area contributed by atoms with Crippen LogP contribution in [0, 0.1) is 16.7 Å². The maximum absolute atomic E-state index is 9.97. The molecule has 2 rings (SSSR count). The molecule has 0 aliphatic heterocycles. The third-order valence-electron chi connectivity index (χ3n) is 2.70. The molecule has 1 aliphatic carbocycles. The van der Waals surface area contributed by atoms with Gasteiger partial charge in [-0.05, 0) is 18.3 Å². The molecule has 0 fully saturated rings. The van der Waals surface area contributed by atoms with Crippen molar-refractivity contribution >= 4 is 11.3 Å². The topological polar surface area (TPSA) is 56.9 Å². The number of aliphatic hydroxyl groups excluding tert-OH is 1. The first-order valence-corrected chi connectivity index (χ1v) is 5.87. The first kappa shape index (κ1) is 10.6. The summed E-state index contributed by atoms with van der Waals surface area (Å²) in [6.45, 7) is 4.28. The molecule has 1 aromatic heterocycles. The Labute approximate surface area is 93.4 Å². The van der Waals surface area contributed by atoms with Crippen molar-refractivity contribution in [2.24, 2.45) is 5.41 Å². The molecule has 15 heavy (non-hydrogen) atoms. The molecule has 1 heterocycles. The monoisotopic (exact) mass is 222 g/mol. The van der Waals surface area contributed by atoms with Gasteiger partial charge in [0.15, 0.2) is 0 Å². The third kappa shape index (κ3) is 2.04. The van der Waals surface area contributed by atoms with Crippen LogP contribution >= 0.6 is 11.3 Å². The molecule has 0 saturated heterocycles. The van der Waals surface area contributed by atoms with Crippen LogP contribution in [-0.4, -0.2) is 10.1 Å². The largest absolute Gasteiger partial charge is 0.387 e. The van der Waals surface area contributed by atoms with E-state index >= 15 is 0 Å². The average molecular weight is 222 g/mol. The van der Waals surface area contributed by atoms with Gasteiger partial charge in [0.1, 0.15) is 5.01 Å². The molecule has 0 radical (unpaired) electrons. The molecule has 1 unspecified atom stereocenters. The van der Waals surface area contributed by atoms with Crippen LogP contribution < -0.4 is 0 Å². The van der Waals surface area contributed by atoms with Crippen LogP contribution in [0.3, 0.4) is 0 Å². The lowest BCUT2D eigenvalue weighted by Gasteiger charge is -2.31. The number of aliphatic hydroxyl groups is 1. The highest BCUT2D eigenvalue weighted by Gasteiger charge is 2.33. The van der Waals surface area contributed by atoms with E-state index in [1.165, 1.54) is 11.3 Å². The molecule has 1 aromatic rings. The van der Waals surface area contributed by atoms with Crippen molar-refractivity contribution in [1.82, 2.24) is 4.98 Å². The average Bonchev–Trinajstić information content (AvgIpc) is 2.46. The fraction of sp³-hybridized carbons (Fsp3) is 0.636. The molecule has 4 heteroatoms. The molecular formula is C11H14N2OS. The summed E-state index contributed by atoms with van der Waals surface area (Å²) in [5, 5.41) is 19.4. The molecule has 1 aliphatic rings. The Morgan fingerprint density at radius 3 is 3.07 bits per heavy atom. The zero-order valence-corrected chi connectivity index (χ0v) is 9.77. The predicted molar refractivity (Wildman–Crippen MR) is 58.5 cm³/mol. The summed E-state index contributed by atoms with van der Waals surface area (Å²) < 4.78 is 0. The zero-order chi connectivity index (χ0) is 11.1. The minimum absolute atomic E-state index is 0.115. The van der Waals surface area contributed by atoms with Gasteiger partial charge in [0.25, 0.3) is 0 Å². The summed E-state index contributed by atoms with van der Waals surface area (Å²) in [5.74, 6) is 0. The summed E-state index contributed by atoms with van der Waals surface area (Å²) in [4.78, 5) is 5.39. The van der Waals surface area contributed by atoms with E-state index in [4.69, 9.17) is 5.26 Å². The van der Waals surface area contributed by atoms with E-state index in [2.05, 4.69) is 24.9 Å². The molecule has 1 atom stereocenters. The molecule has 0 saturated carbocycles. The summed E-state index contributed by atoms with van der Waals surface area (Å²) in [6.07, 6.45) is 1.65. The van der Waals surface area contributed by atoms with E-state index in [0.717, 1.165) is 28.4 Å². The van der Waals surface area contributed by atoms with Crippen molar-refractivity contribution in [3.8, 4) is 6.07 Å². The Bertz CT molecular complexity index is 417. The smallest absolute Gasteiger partial charge is 0.107 e. The van der Waals surface area contributed by atoms with Gasteiger partial charge < -0.3 is 5.11 Å². The summed E-state index contributed by atoms with van der Waals surface area (Å²) in [6, 6.07) is 2.09. The van der Waals surface area contributed by atoms with Gasteiger partial charge >= 0.3 is 0 Å². The van der Waals surface area contributed by atoms with E-state index in [-0.39, 0.29) is 5.41 Å². The third-order valence-corrected chi connectivity index (χ3v) is 3.90. The second-order valence-corrected chi connectivity index (χ2v) is 5.93. The lowest BCUT2D eigenvalue weighted by molar-refractivity contribution is 0.102. The Morgan fingerprint density at radius 1 is 1.67 bits per heavy atom. The van der Waals surface area contributed by atoms with Crippen molar-refractivity contribution in [2.75, 3.05) is 0 Å². The van der Waals surface area contributed by atoms with Crippen LogP contribution in [-0.2, 0) is 12.8 Å². The number of hydrogen-bond donors (Lipinski definition) is 1. The van der Waals surface area contributed by atoms with Crippen LogP contribution in [0.2, 0.25) is 0 Å². The number of hydrogen-bond acceptors (Lipinski definition) is 4. The highest BCUT2D eigenvalue weighted by Crippen LogP contribution is 2.42. The van der Waals surface area contributed by atoms with Crippen LogP contribution in [0.15, 0.2) is 0 Å². The molecule has 80 valence electrons. The summed E-state index contributed by atoms with van der Waals surface area (Å²) in [7, 11) is 0. The van der Waals surface area contributed by atoms with Crippen LogP contribution in [0.5, 0.6) is 0 Å². The van der Waals surface area contributed by atoms with Gasteiger partial charge in [0.2, 0.25) is 0 Å². The quantitative estimate of drug-likeness (QED) is 0.792. The number of fused-ring (bicyclic) bond motifs is 1. The molecule has 0 bridgehead atoms. The van der Waals surface area contributed by atoms with E-state index < -0.39 is 6.10 Å². The van der Waals surface area contributed by atoms with E-state index in [0.29, 0.717) is 6.42 Å². The van der Waals surface area contributed by atoms with Gasteiger partial charge in [-0.15, -0.1) is 11.3 Å². The number of nitriles is 1. The second-order valence-electron chi connectivity index (χ2n) is 4.81. The van der Waals surface area contributed by atoms with Crippen LogP contribution in [0.4, 0.5) is 0 Å². The fourth-order valence-electron chi connectivity index (χ4n) is 2.09. The van der Waals surface area contributed by atoms with Gasteiger partial charge in [-0.25, -0.2) is 4.98 Å². The van der Waals surface area contributed by atoms with Gasteiger partial charge in [-0.1, -0.05) is 13.8 Å². The minimum Gasteiger partial charge on any atom is -0.387 e. The predicted octanol–water partition coefficient (Wildman–Crippen LogP) is 2.21. The van der Waals surface area contributed by atoms with E-state index in [1.807, 2.05) is 0 Å². The van der Waals surface area contributed by atoms with Crippen molar-refractivity contribution in [1.29, 1.82) is 5.26 Å². The van der Waals surface area contributed by atoms with E-state index in [9.17, 15) is 5.11 Å². The number of thiazole rings is 1. The molecule has 3 nitrogen and oxygen atoms in total. The number of nitrogens with zero attached hydrogens (tertiary/aromatic N) is 2. The van der Waals surface area contributed by atoms with Crippen molar-refractivity contribution in [2.45, 2.75) is 39.2 Å². The lowest BCUT2D eigenvalue weighted by atomic mass is 9.77. The molecule has 0 amide bonds. The Balaban J connectivity index is 2.35. The minimum atomic E-state index is -0.395. The SMILES string of the molecule is CC1(C)Cc2nc(CC#N)sc2C(O)C1. The first-order chi connectivity index (χ1) is 7.02. The van der Waals surface area contributed by atoms with Gasteiger partial charge in [-0.3, -0.25) is 0 Å². The second kappa shape index (κ2) is 3.58. The molecule has 1 N–H and O–H groups in total. The Kier molecular flexibility index (Phi) is 2.53. The van der Waals surface area contributed by atoms with Gasteiger partial charge in [0, 0.05) is 0 Å². The summed E-state index contributed by atoms with van der Waals surface area (Å²) in [5.41, 5.74) is 1.11. The Morgan fingerprint density at radius 2 is 2.40 bits per heavy atom. The molecular weight excluding hydrogens is 208 g/mol. The normalized spacial score (nSPS) is 23.2. The number of rotatable bonds is 1. The Hall–Kier alpha value is -0.920. The fourth-order valence-corrected chi connectivity index (χ4v) is 3.09. The van der Waals surface area contributed by atoms with Crippen LogP contribution in [0.25, 0.3) is 0 Å². The zero-order valence-electron chi connectivity index (χ0n) is 8.95. The highest BCUT2D eigenvalue weighted by molar-refractivity contribution is 7.11. The maximum Gasteiger partial charge on any atom is 0.107 e. The highest BCUT2D eigenvalue weighted by atomic mass is 32.1. The lowest BCUT2D eigenvalue weighted by Crippen LogP contribution is -2.24. The first-order valence-electron chi connectivity index (χ1n) is 5.05. The van der Waals surface area contributed by atoms with Crippen LogP contribution in [0.1, 0.15) is 42.0 Å². The van der Waals surface area contributed by atoms with E-state index in [1.54, 1.807) is 0 Å².